The standard InChI is InChI=1S/C15H20N2O2S2/c1-2-14-12-17(7-9-20-14)8-10-21(18,19)15-5-3-13(11-16)4-6-15/h3-6,14H,2,7-10,12H2,1H3/t14-/m0/s1. The zero-order chi connectivity index (χ0) is 15.3. The van der Waals surface area contributed by atoms with Gasteiger partial charge >= 0.3 is 0 Å². The maximum atomic E-state index is 12.3. The van der Waals surface area contributed by atoms with Gasteiger partial charge in [0.25, 0.3) is 0 Å². The minimum atomic E-state index is -3.27. The quantitative estimate of drug-likeness (QED) is 0.830. The van der Waals surface area contributed by atoms with Gasteiger partial charge in [0, 0.05) is 30.6 Å². The number of sulfone groups is 1. The predicted octanol–water partition coefficient (Wildman–Crippen LogP) is 2.16. The van der Waals surface area contributed by atoms with E-state index in [-0.39, 0.29) is 5.75 Å². The summed E-state index contributed by atoms with van der Waals surface area (Å²) in [4.78, 5) is 2.55. The van der Waals surface area contributed by atoms with Gasteiger partial charge in [-0.25, -0.2) is 8.42 Å². The molecule has 0 saturated carbocycles. The van der Waals surface area contributed by atoms with Crippen LogP contribution in [0.25, 0.3) is 0 Å². The molecule has 0 unspecified atom stereocenters. The zero-order valence-electron chi connectivity index (χ0n) is 12.2. The first-order chi connectivity index (χ1) is 10.0. The fraction of sp³-hybridized carbons (Fsp3) is 0.533. The van der Waals surface area contributed by atoms with Gasteiger partial charge in [-0.05, 0) is 30.7 Å². The first-order valence-corrected chi connectivity index (χ1v) is 9.82. The molecule has 4 nitrogen and oxygen atoms in total. The van der Waals surface area contributed by atoms with Crippen LogP contribution in [0.3, 0.4) is 0 Å². The van der Waals surface area contributed by atoms with E-state index >= 15 is 0 Å². The molecule has 0 aromatic heterocycles. The van der Waals surface area contributed by atoms with E-state index in [2.05, 4.69) is 11.8 Å². The molecule has 6 heteroatoms. The van der Waals surface area contributed by atoms with Crippen molar-refractivity contribution in [3.8, 4) is 6.07 Å². The second-order valence-corrected chi connectivity index (χ2v) is 8.67. The Morgan fingerprint density at radius 2 is 2.10 bits per heavy atom. The van der Waals surface area contributed by atoms with Crippen LogP contribution in [0.4, 0.5) is 0 Å². The number of hydrogen-bond donors (Lipinski definition) is 0. The number of thioether (sulfide) groups is 1. The normalized spacial score (nSPS) is 20.1. The molecule has 1 fully saturated rings. The first kappa shape index (κ1) is 16.3. The molecule has 1 saturated heterocycles. The van der Waals surface area contributed by atoms with Gasteiger partial charge in [-0.2, -0.15) is 17.0 Å². The van der Waals surface area contributed by atoms with Gasteiger partial charge in [0.15, 0.2) is 9.84 Å². The van der Waals surface area contributed by atoms with Crippen molar-refractivity contribution in [3.63, 3.8) is 0 Å². The van der Waals surface area contributed by atoms with E-state index in [1.807, 2.05) is 17.8 Å². The maximum absolute atomic E-state index is 12.3. The molecule has 0 radical (unpaired) electrons. The molecule has 21 heavy (non-hydrogen) atoms. The summed E-state index contributed by atoms with van der Waals surface area (Å²) in [5.74, 6) is 1.22. The molecule has 1 heterocycles. The summed E-state index contributed by atoms with van der Waals surface area (Å²) >= 11 is 1.98. The topological polar surface area (TPSA) is 61.2 Å². The average molecular weight is 324 g/mol. The number of hydrogen-bond acceptors (Lipinski definition) is 5. The highest BCUT2D eigenvalue weighted by Gasteiger charge is 2.21. The van der Waals surface area contributed by atoms with Crippen LogP contribution in [0.5, 0.6) is 0 Å². The summed E-state index contributed by atoms with van der Waals surface area (Å²) in [6.07, 6.45) is 1.13. The lowest BCUT2D eigenvalue weighted by Crippen LogP contribution is -2.40. The number of nitrogens with zero attached hydrogens (tertiary/aromatic N) is 2. The highest BCUT2D eigenvalue weighted by Crippen LogP contribution is 2.21. The monoisotopic (exact) mass is 324 g/mol. The lowest BCUT2D eigenvalue weighted by molar-refractivity contribution is 0.297. The molecular formula is C15H20N2O2S2. The molecular weight excluding hydrogens is 304 g/mol. The Morgan fingerprint density at radius 1 is 1.38 bits per heavy atom. The van der Waals surface area contributed by atoms with Gasteiger partial charge in [0.2, 0.25) is 0 Å². The fourth-order valence-electron chi connectivity index (χ4n) is 2.33. The molecule has 0 N–H and O–H groups in total. The Bertz CT molecular complexity index is 606. The van der Waals surface area contributed by atoms with Crippen LogP contribution in [0.15, 0.2) is 29.2 Å². The first-order valence-electron chi connectivity index (χ1n) is 7.12. The molecule has 0 bridgehead atoms. The minimum absolute atomic E-state index is 0.139. The van der Waals surface area contributed by atoms with Crippen molar-refractivity contribution in [3.05, 3.63) is 29.8 Å². The third kappa shape index (κ3) is 4.47. The molecule has 0 spiro atoms. The fourth-order valence-corrected chi connectivity index (χ4v) is 4.87. The number of rotatable bonds is 5. The highest BCUT2D eigenvalue weighted by molar-refractivity contribution is 8.00. The van der Waals surface area contributed by atoms with Crippen LogP contribution >= 0.6 is 11.8 Å². The van der Waals surface area contributed by atoms with Gasteiger partial charge in [-0.15, -0.1) is 0 Å². The predicted molar refractivity (Wildman–Crippen MR) is 86.2 cm³/mol. The summed E-state index contributed by atoms with van der Waals surface area (Å²) in [5.41, 5.74) is 0.479. The molecule has 1 atom stereocenters. The maximum Gasteiger partial charge on any atom is 0.179 e. The highest BCUT2D eigenvalue weighted by atomic mass is 32.2. The van der Waals surface area contributed by atoms with Crippen LogP contribution in [-0.2, 0) is 9.84 Å². The Morgan fingerprint density at radius 3 is 2.71 bits per heavy atom. The van der Waals surface area contributed by atoms with E-state index in [1.165, 1.54) is 12.1 Å². The van der Waals surface area contributed by atoms with E-state index < -0.39 is 9.84 Å². The van der Waals surface area contributed by atoms with Crippen LogP contribution in [-0.4, -0.2) is 49.7 Å². The Balaban J connectivity index is 1.96. The van der Waals surface area contributed by atoms with Crippen molar-refractivity contribution in [1.82, 2.24) is 4.90 Å². The smallest absolute Gasteiger partial charge is 0.179 e. The van der Waals surface area contributed by atoms with Gasteiger partial charge in [-0.3, -0.25) is 0 Å². The van der Waals surface area contributed by atoms with Gasteiger partial charge in [0.1, 0.15) is 0 Å². The van der Waals surface area contributed by atoms with Crippen molar-refractivity contribution in [2.75, 3.05) is 31.1 Å². The van der Waals surface area contributed by atoms with E-state index in [1.54, 1.807) is 12.1 Å². The van der Waals surface area contributed by atoms with Gasteiger partial charge in [0.05, 0.1) is 22.3 Å². The Kier molecular flexibility index (Phi) is 5.68. The second-order valence-electron chi connectivity index (χ2n) is 5.16. The molecule has 1 aliphatic rings. The summed E-state index contributed by atoms with van der Waals surface area (Å²) in [5, 5.41) is 9.37. The molecule has 2 rings (SSSR count). The van der Waals surface area contributed by atoms with E-state index in [0.717, 1.165) is 25.3 Å². The third-order valence-corrected chi connectivity index (χ3v) is 6.78. The SMILES string of the molecule is CC[C@H]1CN(CCS(=O)(=O)c2ccc(C#N)cc2)CCS1. The molecule has 0 aliphatic carbocycles. The van der Waals surface area contributed by atoms with Crippen molar-refractivity contribution >= 4 is 21.6 Å². The van der Waals surface area contributed by atoms with Crippen molar-refractivity contribution in [1.29, 1.82) is 5.26 Å². The molecule has 1 aliphatic heterocycles. The van der Waals surface area contributed by atoms with Crippen molar-refractivity contribution in [2.45, 2.75) is 23.5 Å². The molecule has 0 amide bonds. The average Bonchev–Trinajstić information content (AvgIpc) is 2.53. The molecule has 114 valence electrons. The van der Waals surface area contributed by atoms with Crippen molar-refractivity contribution in [2.24, 2.45) is 0 Å². The Labute approximate surface area is 131 Å². The number of nitriles is 1. The van der Waals surface area contributed by atoms with Crippen LogP contribution in [0, 0.1) is 11.3 Å². The molecule has 1 aromatic rings. The van der Waals surface area contributed by atoms with Gasteiger partial charge in [-0.1, -0.05) is 6.92 Å². The van der Waals surface area contributed by atoms with Crippen LogP contribution in [0.1, 0.15) is 18.9 Å². The van der Waals surface area contributed by atoms with E-state index in [0.29, 0.717) is 22.3 Å². The lowest BCUT2D eigenvalue weighted by Gasteiger charge is -2.31. The zero-order valence-corrected chi connectivity index (χ0v) is 13.8. The van der Waals surface area contributed by atoms with E-state index in [4.69, 9.17) is 5.26 Å². The van der Waals surface area contributed by atoms with Gasteiger partial charge < -0.3 is 4.90 Å². The largest absolute Gasteiger partial charge is 0.300 e. The summed E-state index contributed by atoms with van der Waals surface area (Å²) in [6, 6.07) is 8.15. The second kappa shape index (κ2) is 7.30. The summed E-state index contributed by atoms with van der Waals surface area (Å²) < 4.78 is 24.6. The minimum Gasteiger partial charge on any atom is -0.300 e. The summed E-state index contributed by atoms with van der Waals surface area (Å²) in [7, 11) is -3.27. The van der Waals surface area contributed by atoms with Crippen molar-refractivity contribution < 1.29 is 8.42 Å². The molecule has 1 aromatic carbocycles. The Hall–Kier alpha value is -1.03. The lowest BCUT2D eigenvalue weighted by atomic mass is 10.2. The van der Waals surface area contributed by atoms with Crippen LogP contribution in [0.2, 0.25) is 0 Å². The van der Waals surface area contributed by atoms with Crippen LogP contribution < -0.4 is 0 Å². The summed E-state index contributed by atoms with van der Waals surface area (Å²) in [6.45, 7) is 4.70. The number of benzene rings is 1. The third-order valence-electron chi connectivity index (χ3n) is 3.70. The van der Waals surface area contributed by atoms with E-state index in [9.17, 15) is 8.42 Å².